The fourth-order valence-electron chi connectivity index (χ4n) is 3.71. The first-order valence-corrected chi connectivity index (χ1v) is 11.6. The number of nitrogens with zero attached hydrogens (tertiary/aromatic N) is 4. The number of H-pyrrole nitrogens is 1. The molecule has 16 heteroatoms. The number of alkyl halides is 6. The number of halogens is 6. The van der Waals surface area contributed by atoms with Crippen LogP contribution in [0, 0.1) is 0 Å². The number of amides is 1. The Hall–Kier alpha value is -2.88. The Morgan fingerprint density at radius 2 is 1.92 bits per heavy atom. The van der Waals surface area contributed by atoms with E-state index >= 15 is 0 Å². The van der Waals surface area contributed by atoms with Crippen molar-refractivity contribution in [2.45, 2.75) is 44.2 Å². The smallest absolute Gasteiger partial charge is 0.378 e. The third kappa shape index (κ3) is 6.87. The number of hydrogen-bond donors (Lipinski definition) is 2. The normalized spacial score (nSPS) is 16.2. The van der Waals surface area contributed by atoms with Gasteiger partial charge in [0.15, 0.2) is 5.13 Å². The molecule has 36 heavy (non-hydrogen) atoms. The molecule has 0 aliphatic carbocycles. The summed E-state index contributed by atoms with van der Waals surface area (Å²) in [4.78, 5) is 30.4. The molecule has 0 radical (unpaired) electrons. The monoisotopic (exact) mass is 542 g/mol. The topological polar surface area (TPSA) is 103 Å². The number of aromatic amines is 1. The van der Waals surface area contributed by atoms with E-state index in [0.717, 1.165) is 12.4 Å². The van der Waals surface area contributed by atoms with E-state index in [1.807, 2.05) is 0 Å². The second kappa shape index (κ2) is 11.0. The fraction of sp³-hybridized carbons (Fsp3) is 0.600. The maximum atomic E-state index is 13.1. The maximum Gasteiger partial charge on any atom is 0.427 e. The first-order chi connectivity index (χ1) is 16.8. The number of rotatable bonds is 8. The van der Waals surface area contributed by atoms with Crippen molar-refractivity contribution in [1.82, 2.24) is 20.1 Å². The van der Waals surface area contributed by atoms with Crippen LogP contribution in [-0.4, -0.2) is 71.4 Å². The van der Waals surface area contributed by atoms with Crippen LogP contribution in [0.2, 0.25) is 0 Å². The minimum absolute atomic E-state index is 0.117. The summed E-state index contributed by atoms with van der Waals surface area (Å²) in [7, 11) is 1.59. The molecule has 3 rings (SSSR count). The largest absolute Gasteiger partial charge is 0.427 e. The van der Waals surface area contributed by atoms with Crippen LogP contribution in [0.1, 0.15) is 30.2 Å². The van der Waals surface area contributed by atoms with Gasteiger partial charge in [-0.15, -0.1) is 0 Å². The SMILES string of the molecule is CC(COCC(=O)N(C)C1CCN(c2ncc(C(F)(F)F)s2)CC1)Nc1cn[nH]c(=O)c1C(F)(F)F. The average molecular weight is 543 g/mol. The van der Waals surface area contributed by atoms with Crippen LogP contribution in [0.25, 0.3) is 0 Å². The van der Waals surface area contributed by atoms with Crippen molar-refractivity contribution >= 4 is 28.1 Å². The van der Waals surface area contributed by atoms with Gasteiger partial charge in [-0.25, -0.2) is 10.1 Å². The van der Waals surface area contributed by atoms with Crippen LogP contribution in [0.4, 0.5) is 37.2 Å². The van der Waals surface area contributed by atoms with E-state index in [4.69, 9.17) is 4.74 Å². The van der Waals surface area contributed by atoms with Gasteiger partial charge in [-0.1, -0.05) is 11.3 Å². The molecule has 0 bridgehead atoms. The average Bonchev–Trinajstić information content (AvgIpc) is 3.29. The quantitative estimate of drug-likeness (QED) is 0.494. The summed E-state index contributed by atoms with van der Waals surface area (Å²) >= 11 is 0.577. The summed E-state index contributed by atoms with van der Waals surface area (Å²) in [5, 5.41) is 7.92. The van der Waals surface area contributed by atoms with E-state index in [2.05, 4.69) is 15.4 Å². The minimum atomic E-state index is -4.88. The van der Waals surface area contributed by atoms with Crippen LogP contribution >= 0.6 is 11.3 Å². The standard InChI is InChI=1S/C20H24F6N6O3S/c1-11(29-13-7-28-30-17(34)16(13)20(24,25)26)9-35-10-15(33)31(2)12-3-5-32(6-4-12)18-27-8-14(36-18)19(21,22)23/h7-8,11-12H,3-6,9-10H2,1-2H3,(H2,29,30,34). The van der Waals surface area contributed by atoms with Crippen molar-refractivity contribution in [3.63, 3.8) is 0 Å². The summed E-state index contributed by atoms with van der Waals surface area (Å²) in [6, 6.07) is -0.817. The Bertz CT molecular complexity index is 1100. The van der Waals surface area contributed by atoms with E-state index in [9.17, 15) is 35.9 Å². The molecule has 3 heterocycles. The van der Waals surface area contributed by atoms with Gasteiger partial charge in [0.05, 0.1) is 24.7 Å². The van der Waals surface area contributed by atoms with Gasteiger partial charge in [-0.3, -0.25) is 9.59 Å². The molecule has 0 aromatic carbocycles. The summed E-state index contributed by atoms with van der Waals surface area (Å²) in [5.74, 6) is -0.344. The van der Waals surface area contributed by atoms with Crippen LogP contribution in [0.15, 0.2) is 17.2 Å². The Morgan fingerprint density at radius 1 is 1.25 bits per heavy atom. The fourth-order valence-corrected chi connectivity index (χ4v) is 4.55. The molecule has 1 aliphatic rings. The highest BCUT2D eigenvalue weighted by Gasteiger charge is 2.38. The molecule has 0 spiro atoms. The lowest BCUT2D eigenvalue weighted by molar-refractivity contribution is -0.138. The van der Waals surface area contributed by atoms with Crippen molar-refractivity contribution in [3.8, 4) is 0 Å². The number of thiazole rings is 1. The maximum absolute atomic E-state index is 13.1. The molecule has 1 atom stereocenters. The molecule has 2 aromatic heterocycles. The number of anilines is 2. The van der Waals surface area contributed by atoms with Crippen LogP contribution < -0.4 is 15.8 Å². The van der Waals surface area contributed by atoms with E-state index in [1.165, 1.54) is 11.8 Å². The second-order valence-corrected chi connectivity index (χ2v) is 9.28. The first-order valence-electron chi connectivity index (χ1n) is 10.8. The van der Waals surface area contributed by atoms with Gasteiger partial charge < -0.3 is 19.9 Å². The minimum Gasteiger partial charge on any atom is -0.378 e. The van der Waals surface area contributed by atoms with Gasteiger partial charge in [-0.2, -0.15) is 31.4 Å². The zero-order chi connectivity index (χ0) is 26.7. The zero-order valence-electron chi connectivity index (χ0n) is 19.2. The van der Waals surface area contributed by atoms with E-state index < -0.39 is 40.1 Å². The van der Waals surface area contributed by atoms with E-state index in [1.54, 1.807) is 17.0 Å². The Balaban J connectivity index is 1.44. The van der Waals surface area contributed by atoms with Crippen LogP contribution in [0.3, 0.4) is 0 Å². The number of hydrogen-bond acceptors (Lipinski definition) is 8. The number of ether oxygens (including phenoxy) is 1. The van der Waals surface area contributed by atoms with Gasteiger partial charge in [0.1, 0.15) is 17.0 Å². The van der Waals surface area contributed by atoms with E-state index in [-0.39, 0.29) is 30.3 Å². The van der Waals surface area contributed by atoms with Crippen molar-refractivity contribution in [2.75, 3.05) is 43.6 Å². The number of aromatic nitrogens is 3. The molecule has 1 unspecified atom stereocenters. The Morgan fingerprint density at radius 3 is 2.50 bits per heavy atom. The molecule has 2 N–H and O–H groups in total. The number of carbonyl (C=O) groups is 1. The number of nitrogens with one attached hydrogen (secondary N) is 2. The molecule has 1 fully saturated rings. The molecular weight excluding hydrogens is 518 g/mol. The van der Waals surface area contributed by atoms with Gasteiger partial charge in [-0.05, 0) is 19.8 Å². The third-order valence-corrected chi connectivity index (χ3v) is 6.69. The number of piperidine rings is 1. The van der Waals surface area contributed by atoms with Crippen molar-refractivity contribution in [1.29, 1.82) is 0 Å². The molecular formula is C20H24F6N6O3S. The molecule has 2 aromatic rings. The van der Waals surface area contributed by atoms with Crippen molar-refractivity contribution in [2.24, 2.45) is 0 Å². The highest BCUT2D eigenvalue weighted by Crippen LogP contribution is 2.37. The number of likely N-dealkylation sites (N-methyl/N-ethyl adjacent to an activating group) is 1. The lowest BCUT2D eigenvalue weighted by Crippen LogP contribution is -2.46. The highest BCUT2D eigenvalue weighted by atomic mass is 32.1. The summed E-state index contributed by atoms with van der Waals surface area (Å²) in [5.41, 5.74) is -3.28. The van der Waals surface area contributed by atoms with Crippen LogP contribution in [0.5, 0.6) is 0 Å². The molecule has 9 nitrogen and oxygen atoms in total. The Kier molecular flexibility index (Phi) is 8.48. The summed E-state index contributed by atoms with van der Waals surface area (Å²) in [6.45, 7) is 1.95. The van der Waals surface area contributed by atoms with Gasteiger partial charge >= 0.3 is 12.4 Å². The third-order valence-electron chi connectivity index (χ3n) is 5.58. The lowest BCUT2D eigenvalue weighted by Gasteiger charge is -2.36. The van der Waals surface area contributed by atoms with Crippen molar-refractivity contribution < 1.29 is 35.9 Å². The number of carbonyl (C=O) groups excluding carboxylic acids is 1. The van der Waals surface area contributed by atoms with E-state index in [0.29, 0.717) is 37.3 Å². The molecule has 1 saturated heterocycles. The highest BCUT2D eigenvalue weighted by molar-refractivity contribution is 7.15. The van der Waals surface area contributed by atoms with Gasteiger partial charge in [0.2, 0.25) is 5.91 Å². The second-order valence-electron chi connectivity index (χ2n) is 8.27. The van der Waals surface area contributed by atoms with Gasteiger partial charge in [0, 0.05) is 32.2 Å². The Labute approximate surface area is 205 Å². The predicted octanol–water partition coefficient (Wildman–Crippen LogP) is 3.21. The molecule has 1 aliphatic heterocycles. The lowest BCUT2D eigenvalue weighted by atomic mass is 10.0. The first kappa shape index (κ1) is 27.7. The molecule has 200 valence electrons. The summed E-state index contributed by atoms with van der Waals surface area (Å²) < 4.78 is 83.1. The summed E-state index contributed by atoms with van der Waals surface area (Å²) in [6.07, 6.45) is -6.61. The predicted molar refractivity (Wildman–Crippen MR) is 119 cm³/mol. The molecule has 0 saturated carbocycles. The molecule has 1 amide bonds. The van der Waals surface area contributed by atoms with Crippen LogP contribution in [-0.2, 0) is 21.9 Å². The van der Waals surface area contributed by atoms with Gasteiger partial charge in [0.25, 0.3) is 5.56 Å². The zero-order valence-corrected chi connectivity index (χ0v) is 20.1. The van der Waals surface area contributed by atoms with Crippen molar-refractivity contribution in [3.05, 3.63) is 33.2 Å².